The van der Waals surface area contributed by atoms with Gasteiger partial charge in [-0.05, 0) is 54.9 Å². The summed E-state index contributed by atoms with van der Waals surface area (Å²) in [5.41, 5.74) is 3.59. The summed E-state index contributed by atoms with van der Waals surface area (Å²) in [5.74, 6) is -2.46. The molecule has 2 aromatic rings. The molecule has 2 atom stereocenters. The summed E-state index contributed by atoms with van der Waals surface area (Å²) in [7, 11) is 0. The third kappa shape index (κ3) is 6.49. The van der Waals surface area contributed by atoms with Crippen molar-refractivity contribution in [2.24, 2.45) is 11.8 Å². The molecule has 1 aliphatic carbocycles. The Labute approximate surface area is 218 Å². The van der Waals surface area contributed by atoms with Gasteiger partial charge >= 0.3 is 12.1 Å². The molecule has 8 heteroatoms. The van der Waals surface area contributed by atoms with E-state index in [2.05, 4.69) is 5.32 Å². The molecule has 3 rings (SSSR count). The van der Waals surface area contributed by atoms with Crippen LogP contribution in [0.25, 0.3) is 11.1 Å². The monoisotopic (exact) mass is 510 g/mol. The largest absolute Gasteiger partial charge is 0.458 e. The summed E-state index contributed by atoms with van der Waals surface area (Å²) in [6, 6.07) is 13.7. The zero-order chi connectivity index (χ0) is 27.5. The van der Waals surface area contributed by atoms with Crippen LogP contribution in [-0.2, 0) is 19.1 Å². The van der Waals surface area contributed by atoms with Crippen LogP contribution in [0, 0.1) is 11.8 Å². The lowest BCUT2D eigenvalue weighted by molar-refractivity contribution is -0.199. The topological polar surface area (TPSA) is 105 Å². The van der Waals surface area contributed by atoms with Crippen molar-refractivity contribution in [3.05, 3.63) is 59.7 Å². The number of fused-ring (bicyclic) bond motifs is 3. The Balaban J connectivity index is 1.70. The number of benzene rings is 2. The summed E-state index contributed by atoms with van der Waals surface area (Å²) in [4.78, 5) is 38.8. The molecule has 0 heterocycles. The number of amides is 2. The normalized spacial score (nSPS) is 14.5. The number of alkyl carbamates (subject to hydrolysis) is 1. The highest BCUT2D eigenvalue weighted by molar-refractivity contribution is 5.89. The Kier molecular flexibility index (Phi) is 8.64. The van der Waals surface area contributed by atoms with Crippen LogP contribution in [0.2, 0.25) is 0 Å². The smallest absolute Gasteiger partial charge is 0.407 e. The number of hydrogen-bond donors (Lipinski definition) is 2. The highest BCUT2D eigenvalue weighted by atomic mass is 16.6. The van der Waals surface area contributed by atoms with Crippen molar-refractivity contribution in [3.63, 3.8) is 0 Å². The predicted octanol–water partition coefficient (Wildman–Crippen LogP) is 5.13. The van der Waals surface area contributed by atoms with E-state index in [-0.39, 0.29) is 18.4 Å². The Hall–Kier alpha value is -3.39. The van der Waals surface area contributed by atoms with Crippen molar-refractivity contribution < 1.29 is 29.1 Å². The zero-order valence-electron chi connectivity index (χ0n) is 22.6. The van der Waals surface area contributed by atoms with Crippen LogP contribution in [0.1, 0.15) is 65.5 Å². The molecule has 200 valence electrons. The number of hydrogen-bond acceptors (Lipinski definition) is 6. The van der Waals surface area contributed by atoms with Gasteiger partial charge in [0.15, 0.2) is 6.04 Å². The Morgan fingerprint density at radius 2 is 1.43 bits per heavy atom. The fraction of sp³-hybridized carbons (Fsp3) is 0.483. The van der Waals surface area contributed by atoms with Crippen molar-refractivity contribution in [2.45, 2.75) is 72.1 Å². The molecule has 2 aromatic carbocycles. The Bertz CT molecular complexity index is 1090. The van der Waals surface area contributed by atoms with Gasteiger partial charge in [-0.25, -0.2) is 14.7 Å². The lowest BCUT2D eigenvalue weighted by atomic mass is 9.98. The SMILES string of the molecule is CC(C)[C@H](NC(=O)OCC1c2ccccc2-c2ccccc21)C(=O)N(O)[C@H](C(=O)OC(C)(C)C)C(C)C. The van der Waals surface area contributed by atoms with E-state index in [1.54, 1.807) is 48.5 Å². The van der Waals surface area contributed by atoms with E-state index in [1.807, 2.05) is 48.5 Å². The van der Waals surface area contributed by atoms with E-state index in [0.717, 1.165) is 22.3 Å². The van der Waals surface area contributed by atoms with Crippen LogP contribution in [-0.4, -0.2) is 52.5 Å². The van der Waals surface area contributed by atoms with E-state index in [4.69, 9.17) is 9.47 Å². The van der Waals surface area contributed by atoms with Crippen LogP contribution >= 0.6 is 0 Å². The molecule has 2 amide bonds. The van der Waals surface area contributed by atoms with Gasteiger partial charge < -0.3 is 14.8 Å². The molecule has 0 saturated heterocycles. The molecule has 0 aromatic heterocycles. The molecule has 0 aliphatic heterocycles. The van der Waals surface area contributed by atoms with Gasteiger partial charge in [-0.1, -0.05) is 76.2 Å². The predicted molar refractivity (Wildman–Crippen MR) is 140 cm³/mol. The molecule has 0 radical (unpaired) electrons. The summed E-state index contributed by atoms with van der Waals surface area (Å²) >= 11 is 0. The average Bonchev–Trinajstić information content (AvgIpc) is 3.13. The first-order valence-electron chi connectivity index (χ1n) is 12.7. The molecule has 2 N–H and O–H groups in total. The van der Waals surface area contributed by atoms with Gasteiger partial charge in [-0.15, -0.1) is 0 Å². The van der Waals surface area contributed by atoms with Crippen molar-refractivity contribution >= 4 is 18.0 Å². The molecular formula is C29H38N2O6. The van der Waals surface area contributed by atoms with Crippen LogP contribution in [0.4, 0.5) is 4.79 Å². The molecule has 37 heavy (non-hydrogen) atoms. The summed E-state index contributed by atoms with van der Waals surface area (Å²) < 4.78 is 11.0. The second kappa shape index (κ2) is 11.3. The maximum Gasteiger partial charge on any atom is 0.407 e. The van der Waals surface area contributed by atoms with Gasteiger partial charge in [0, 0.05) is 5.92 Å². The molecule has 0 saturated carbocycles. The first-order chi connectivity index (χ1) is 17.3. The number of carbonyl (C=O) groups excluding carboxylic acids is 3. The number of esters is 1. The molecule has 0 spiro atoms. The number of nitrogens with one attached hydrogen (secondary N) is 1. The number of rotatable bonds is 8. The molecule has 8 nitrogen and oxygen atoms in total. The Morgan fingerprint density at radius 3 is 1.89 bits per heavy atom. The van der Waals surface area contributed by atoms with Gasteiger partial charge in [-0.2, -0.15) is 0 Å². The van der Waals surface area contributed by atoms with E-state index in [0.29, 0.717) is 5.06 Å². The van der Waals surface area contributed by atoms with Crippen LogP contribution in [0.5, 0.6) is 0 Å². The number of hydroxylamine groups is 2. The fourth-order valence-electron chi connectivity index (χ4n) is 4.58. The van der Waals surface area contributed by atoms with Gasteiger partial charge in [0.1, 0.15) is 18.2 Å². The summed E-state index contributed by atoms with van der Waals surface area (Å²) in [5, 5.41) is 13.7. The van der Waals surface area contributed by atoms with Crippen LogP contribution in [0.3, 0.4) is 0 Å². The minimum Gasteiger partial charge on any atom is -0.458 e. The van der Waals surface area contributed by atoms with Gasteiger partial charge in [-0.3, -0.25) is 10.0 Å². The standard InChI is InChI=1S/C29H38N2O6/c1-17(2)24(26(32)31(35)25(18(3)4)27(33)37-29(5,6)7)30-28(34)36-16-23-21-14-10-8-12-19(21)20-13-9-11-15-22(20)23/h8-15,17-18,23-25,35H,16H2,1-7H3,(H,30,34)/t24-,25-/m0/s1. The van der Waals surface area contributed by atoms with Crippen LogP contribution < -0.4 is 5.32 Å². The van der Waals surface area contributed by atoms with Gasteiger partial charge in [0.25, 0.3) is 5.91 Å². The van der Waals surface area contributed by atoms with Crippen LogP contribution in [0.15, 0.2) is 48.5 Å². The third-order valence-electron chi connectivity index (χ3n) is 6.32. The van der Waals surface area contributed by atoms with Crippen molar-refractivity contribution in [1.29, 1.82) is 0 Å². The molecule has 1 aliphatic rings. The number of ether oxygens (including phenoxy) is 2. The second-order valence-electron chi connectivity index (χ2n) is 11.1. The first-order valence-corrected chi connectivity index (χ1v) is 12.7. The first kappa shape index (κ1) is 28.2. The second-order valence-corrected chi connectivity index (χ2v) is 11.1. The quantitative estimate of drug-likeness (QED) is 0.290. The maximum absolute atomic E-state index is 13.2. The van der Waals surface area contributed by atoms with Crippen molar-refractivity contribution in [3.8, 4) is 11.1 Å². The van der Waals surface area contributed by atoms with E-state index in [1.165, 1.54) is 0 Å². The molecule has 0 bridgehead atoms. The molecule has 0 unspecified atom stereocenters. The summed E-state index contributed by atoms with van der Waals surface area (Å²) in [6.07, 6.45) is -0.777. The number of nitrogens with zero attached hydrogens (tertiary/aromatic N) is 1. The van der Waals surface area contributed by atoms with E-state index in [9.17, 15) is 19.6 Å². The van der Waals surface area contributed by atoms with E-state index < -0.39 is 41.6 Å². The maximum atomic E-state index is 13.2. The minimum absolute atomic E-state index is 0.0915. The average molecular weight is 511 g/mol. The lowest BCUT2D eigenvalue weighted by Crippen LogP contribution is -2.56. The van der Waals surface area contributed by atoms with E-state index >= 15 is 0 Å². The minimum atomic E-state index is -1.22. The zero-order valence-corrected chi connectivity index (χ0v) is 22.6. The fourth-order valence-corrected chi connectivity index (χ4v) is 4.58. The van der Waals surface area contributed by atoms with Crippen molar-refractivity contribution in [1.82, 2.24) is 10.4 Å². The third-order valence-corrected chi connectivity index (χ3v) is 6.32. The highest BCUT2D eigenvalue weighted by Crippen LogP contribution is 2.44. The molecule has 0 fully saturated rings. The highest BCUT2D eigenvalue weighted by Gasteiger charge is 2.39. The number of carbonyl (C=O) groups is 3. The van der Waals surface area contributed by atoms with Gasteiger partial charge in [0.05, 0.1) is 0 Å². The molecular weight excluding hydrogens is 472 g/mol. The Morgan fingerprint density at radius 1 is 0.919 bits per heavy atom. The summed E-state index contributed by atoms with van der Waals surface area (Å²) in [6.45, 7) is 12.1. The lowest BCUT2D eigenvalue weighted by Gasteiger charge is -2.33. The van der Waals surface area contributed by atoms with Gasteiger partial charge in [0.2, 0.25) is 0 Å². The van der Waals surface area contributed by atoms with Crippen molar-refractivity contribution in [2.75, 3.05) is 6.61 Å².